The number of carbonyl (C=O) groups excluding carboxylic acids is 2. The Morgan fingerprint density at radius 2 is 2.11 bits per heavy atom. The van der Waals surface area contributed by atoms with Crippen LogP contribution in [0, 0.1) is 5.92 Å². The molecule has 108 valence electrons. The Kier molecular flexibility index (Phi) is 4.14. The van der Waals surface area contributed by atoms with Crippen molar-refractivity contribution < 1.29 is 9.59 Å². The highest BCUT2D eigenvalue weighted by molar-refractivity contribution is 7.98. The molecule has 0 aromatic rings. The molecule has 4 nitrogen and oxygen atoms in total. The predicted molar refractivity (Wildman–Crippen MR) is 78.0 cm³/mol. The van der Waals surface area contributed by atoms with Gasteiger partial charge in [0.15, 0.2) is 0 Å². The molecule has 2 fully saturated rings. The summed E-state index contributed by atoms with van der Waals surface area (Å²) in [6, 6.07) is -0.196. The normalized spacial score (nSPS) is 33.3. The first-order valence-electron chi connectivity index (χ1n) is 7.09. The molecule has 0 bridgehead atoms. The summed E-state index contributed by atoms with van der Waals surface area (Å²) in [6.07, 6.45) is 5.03. The number of amides is 2. The second-order valence-corrected chi connectivity index (χ2v) is 6.78. The first-order chi connectivity index (χ1) is 8.95. The summed E-state index contributed by atoms with van der Waals surface area (Å²) in [5.41, 5.74) is -0.671. The van der Waals surface area contributed by atoms with Crippen LogP contribution in [0.25, 0.3) is 0 Å². The Labute approximate surface area is 119 Å². The topological polar surface area (TPSA) is 49.4 Å². The van der Waals surface area contributed by atoms with Gasteiger partial charge in [0, 0.05) is 11.8 Å². The maximum absolute atomic E-state index is 12.9. The van der Waals surface area contributed by atoms with Crippen LogP contribution in [-0.2, 0) is 9.59 Å². The van der Waals surface area contributed by atoms with Gasteiger partial charge in [0.25, 0.3) is 0 Å². The fourth-order valence-electron chi connectivity index (χ4n) is 2.99. The van der Waals surface area contributed by atoms with Gasteiger partial charge < -0.3 is 10.2 Å². The number of piperazine rings is 1. The molecule has 0 radical (unpaired) electrons. The van der Waals surface area contributed by atoms with Gasteiger partial charge in [-0.25, -0.2) is 0 Å². The number of nitrogens with zero attached hydrogens (tertiary/aromatic N) is 1. The second-order valence-electron chi connectivity index (χ2n) is 5.87. The van der Waals surface area contributed by atoms with E-state index in [1.54, 1.807) is 11.8 Å². The third kappa shape index (κ3) is 2.49. The summed E-state index contributed by atoms with van der Waals surface area (Å²) in [5.74, 6) is 1.32. The van der Waals surface area contributed by atoms with E-state index >= 15 is 0 Å². The van der Waals surface area contributed by atoms with Crippen molar-refractivity contribution in [3.63, 3.8) is 0 Å². The molecule has 0 spiro atoms. The maximum atomic E-state index is 12.9. The molecule has 3 atom stereocenters. The van der Waals surface area contributed by atoms with Crippen LogP contribution in [0.15, 0.2) is 0 Å². The van der Waals surface area contributed by atoms with Gasteiger partial charge in [0.2, 0.25) is 11.8 Å². The molecule has 19 heavy (non-hydrogen) atoms. The van der Waals surface area contributed by atoms with Crippen LogP contribution in [0.3, 0.4) is 0 Å². The molecule has 1 aliphatic carbocycles. The smallest absolute Gasteiger partial charge is 0.249 e. The molecular weight excluding hydrogens is 260 g/mol. The third-order valence-electron chi connectivity index (χ3n) is 4.48. The summed E-state index contributed by atoms with van der Waals surface area (Å²) in [5, 5.41) is 2.97. The number of hydrogen-bond acceptors (Lipinski definition) is 3. The van der Waals surface area contributed by atoms with Crippen LogP contribution in [0.1, 0.15) is 40.0 Å². The Hall–Kier alpha value is -0.710. The monoisotopic (exact) mass is 284 g/mol. The lowest BCUT2D eigenvalue weighted by atomic mass is 9.88. The van der Waals surface area contributed by atoms with E-state index in [1.807, 2.05) is 25.0 Å². The maximum Gasteiger partial charge on any atom is 0.249 e. The number of hydrogen-bond donors (Lipinski definition) is 1. The number of thioether (sulfide) groups is 1. The van der Waals surface area contributed by atoms with E-state index in [0.717, 1.165) is 25.0 Å². The van der Waals surface area contributed by atoms with E-state index in [4.69, 9.17) is 0 Å². The molecule has 1 heterocycles. The zero-order valence-corrected chi connectivity index (χ0v) is 13.0. The minimum atomic E-state index is -0.671. The van der Waals surface area contributed by atoms with Crippen molar-refractivity contribution in [3.8, 4) is 0 Å². The molecule has 1 saturated carbocycles. The van der Waals surface area contributed by atoms with Crippen LogP contribution in [0.4, 0.5) is 0 Å². The highest BCUT2D eigenvalue weighted by Gasteiger charge is 2.55. The SMILES string of the molecule is CCC(CSC)N1C(=O)C(C)(C2CC2)NC(=O)C1C. The average Bonchev–Trinajstić information content (AvgIpc) is 3.20. The van der Waals surface area contributed by atoms with E-state index in [2.05, 4.69) is 12.2 Å². The standard InChI is InChI=1S/C14H24N2O2S/c1-5-11(8-19-4)16-9(2)12(17)15-14(3,13(16)18)10-6-7-10/h9-11H,5-8H2,1-4H3,(H,15,17). The quantitative estimate of drug-likeness (QED) is 0.835. The molecule has 1 saturated heterocycles. The fraction of sp³-hybridized carbons (Fsp3) is 0.857. The van der Waals surface area contributed by atoms with Crippen molar-refractivity contribution in [2.24, 2.45) is 5.92 Å². The van der Waals surface area contributed by atoms with Crippen LogP contribution < -0.4 is 5.32 Å². The minimum Gasteiger partial charge on any atom is -0.340 e. The summed E-state index contributed by atoms with van der Waals surface area (Å²) < 4.78 is 0. The summed E-state index contributed by atoms with van der Waals surface area (Å²) >= 11 is 1.73. The Morgan fingerprint density at radius 3 is 2.58 bits per heavy atom. The Bertz CT molecular complexity index is 384. The molecule has 3 unspecified atom stereocenters. The van der Waals surface area contributed by atoms with Gasteiger partial charge in [-0.3, -0.25) is 9.59 Å². The molecule has 2 amide bonds. The van der Waals surface area contributed by atoms with E-state index in [9.17, 15) is 9.59 Å². The average molecular weight is 284 g/mol. The highest BCUT2D eigenvalue weighted by Crippen LogP contribution is 2.42. The highest BCUT2D eigenvalue weighted by atomic mass is 32.2. The number of nitrogens with one attached hydrogen (secondary N) is 1. The van der Waals surface area contributed by atoms with E-state index in [1.165, 1.54) is 0 Å². The van der Waals surface area contributed by atoms with Crippen molar-refractivity contribution >= 4 is 23.6 Å². The summed E-state index contributed by atoms with van der Waals surface area (Å²) in [6.45, 7) is 5.82. The lowest BCUT2D eigenvalue weighted by Gasteiger charge is -2.46. The van der Waals surface area contributed by atoms with Crippen molar-refractivity contribution in [1.82, 2.24) is 10.2 Å². The summed E-state index contributed by atoms with van der Waals surface area (Å²) in [4.78, 5) is 26.9. The molecule has 0 aromatic carbocycles. The van der Waals surface area contributed by atoms with Crippen molar-refractivity contribution in [3.05, 3.63) is 0 Å². The molecular formula is C14H24N2O2S. The van der Waals surface area contributed by atoms with Crippen molar-refractivity contribution in [2.75, 3.05) is 12.0 Å². The van der Waals surface area contributed by atoms with E-state index in [0.29, 0.717) is 5.92 Å². The molecule has 1 N–H and O–H groups in total. The lowest BCUT2D eigenvalue weighted by Crippen LogP contribution is -2.71. The molecule has 0 aromatic heterocycles. The molecule has 1 aliphatic heterocycles. The van der Waals surface area contributed by atoms with Gasteiger partial charge in [0.05, 0.1) is 0 Å². The molecule has 5 heteroatoms. The minimum absolute atomic E-state index is 0.00597. The number of rotatable bonds is 5. The Morgan fingerprint density at radius 1 is 1.47 bits per heavy atom. The van der Waals surface area contributed by atoms with Gasteiger partial charge in [-0.1, -0.05) is 6.92 Å². The van der Waals surface area contributed by atoms with Crippen LogP contribution in [0.2, 0.25) is 0 Å². The molecule has 2 rings (SSSR count). The molecule has 2 aliphatic rings. The van der Waals surface area contributed by atoms with Crippen LogP contribution in [0.5, 0.6) is 0 Å². The third-order valence-corrected chi connectivity index (χ3v) is 5.19. The predicted octanol–water partition coefficient (Wildman–Crippen LogP) is 1.64. The Balaban J connectivity index is 2.27. The summed E-state index contributed by atoms with van der Waals surface area (Å²) in [7, 11) is 0. The van der Waals surface area contributed by atoms with E-state index in [-0.39, 0.29) is 23.9 Å². The second kappa shape index (κ2) is 5.35. The zero-order valence-electron chi connectivity index (χ0n) is 12.2. The number of carbonyl (C=O) groups is 2. The van der Waals surface area contributed by atoms with Crippen LogP contribution in [-0.4, -0.2) is 46.3 Å². The van der Waals surface area contributed by atoms with Crippen molar-refractivity contribution in [1.29, 1.82) is 0 Å². The zero-order chi connectivity index (χ0) is 14.2. The largest absolute Gasteiger partial charge is 0.340 e. The van der Waals surface area contributed by atoms with Gasteiger partial charge in [-0.05, 0) is 45.3 Å². The van der Waals surface area contributed by atoms with E-state index < -0.39 is 5.54 Å². The van der Waals surface area contributed by atoms with Gasteiger partial charge in [0.1, 0.15) is 11.6 Å². The van der Waals surface area contributed by atoms with Crippen LogP contribution >= 0.6 is 11.8 Å². The van der Waals surface area contributed by atoms with Gasteiger partial charge >= 0.3 is 0 Å². The first kappa shape index (κ1) is 14.7. The first-order valence-corrected chi connectivity index (χ1v) is 8.48. The van der Waals surface area contributed by atoms with Gasteiger partial charge in [-0.2, -0.15) is 11.8 Å². The lowest BCUT2D eigenvalue weighted by molar-refractivity contribution is -0.157. The van der Waals surface area contributed by atoms with Gasteiger partial charge in [-0.15, -0.1) is 0 Å². The fourth-order valence-corrected chi connectivity index (χ4v) is 3.77. The van der Waals surface area contributed by atoms with Crippen molar-refractivity contribution in [2.45, 2.75) is 57.7 Å².